The number of allylic oxidation sites excluding steroid dienone is 1. The zero-order valence-electron chi connectivity index (χ0n) is 30.1. The standard InChI is InChI=1S/C43H43N3O9/c47-24-23-44-35(49)21-22-45-41(51)42-26-34-36-37(54-43(53-36,31-16-3-1-4-17-31)32-18-5-2-6-19-32)39(42)55-46(38(42)40(50)52-34)27-29-13-9-11-28(25-29)12-10-15-30-14-7-8-20-33(30)48/h1-14,16-20,25,34,36-39,47-48H,15,21-24,26-27H2,(H,44,49)(H,45,51)/t34-,36+,37+,38+,39-,42+/m1/s1. The van der Waals surface area contributed by atoms with E-state index in [0.717, 1.165) is 27.8 Å². The van der Waals surface area contributed by atoms with E-state index in [-0.39, 0.29) is 50.7 Å². The number of carbonyl (C=O) groups excluding carboxylic acids is 3. The van der Waals surface area contributed by atoms with E-state index in [1.54, 1.807) is 17.2 Å². The number of aromatic hydroxyl groups is 1. The average molecular weight is 746 g/mol. The van der Waals surface area contributed by atoms with Crippen LogP contribution < -0.4 is 10.6 Å². The van der Waals surface area contributed by atoms with Crippen molar-refractivity contribution in [2.75, 3.05) is 19.7 Å². The van der Waals surface area contributed by atoms with Gasteiger partial charge in [-0.25, -0.2) is 0 Å². The Morgan fingerprint density at radius 1 is 0.855 bits per heavy atom. The molecule has 12 heteroatoms. The Bertz CT molecular complexity index is 2020. The fraction of sp³-hybridized carbons (Fsp3) is 0.326. The van der Waals surface area contributed by atoms with Crippen molar-refractivity contribution < 1.29 is 43.6 Å². The maximum absolute atomic E-state index is 14.6. The van der Waals surface area contributed by atoms with Gasteiger partial charge in [0, 0.05) is 37.1 Å². The van der Waals surface area contributed by atoms with Crippen molar-refractivity contribution in [1.82, 2.24) is 15.7 Å². The van der Waals surface area contributed by atoms with E-state index in [4.69, 9.17) is 24.2 Å². The van der Waals surface area contributed by atoms with E-state index in [2.05, 4.69) is 10.6 Å². The number of amides is 2. The summed E-state index contributed by atoms with van der Waals surface area (Å²) in [6.45, 7) is 0.0730. The molecule has 2 bridgehead atoms. The normalized spacial score (nSPS) is 26.3. The Labute approximate surface area is 318 Å². The lowest BCUT2D eigenvalue weighted by atomic mass is 9.62. The Kier molecular flexibility index (Phi) is 10.2. The van der Waals surface area contributed by atoms with Gasteiger partial charge in [0.25, 0.3) is 0 Å². The molecule has 0 unspecified atom stereocenters. The number of esters is 1. The topological polar surface area (TPSA) is 156 Å². The molecular weight excluding hydrogens is 702 g/mol. The van der Waals surface area contributed by atoms with Crippen molar-refractivity contribution in [2.24, 2.45) is 5.41 Å². The predicted molar refractivity (Wildman–Crippen MR) is 200 cm³/mol. The van der Waals surface area contributed by atoms with E-state index in [1.807, 2.05) is 109 Å². The number of para-hydroxylation sites is 1. The van der Waals surface area contributed by atoms with Crippen molar-refractivity contribution >= 4 is 23.9 Å². The van der Waals surface area contributed by atoms with Gasteiger partial charge in [0.1, 0.15) is 35.6 Å². The lowest BCUT2D eigenvalue weighted by molar-refractivity contribution is -0.213. The Balaban J connectivity index is 1.12. The van der Waals surface area contributed by atoms with Crippen LogP contribution in [0.2, 0.25) is 0 Å². The number of hydrogen-bond donors (Lipinski definition) is 4. The number of fused-ring (bicyclic) bond motifs is 4. The molecule has 4 aliphatic rings. The minimum atomic E-state index is -1.44. The predicted octanol–water partition coefficient (Wildman–Crippen LogP) is 3.75. The zero-order chi connectivity index (χ0) is 38.0. The molecule has 2 amide bonds. The highest BCUT2D eigenvalue weighted by Crippen LogP contribution is 2.59. The van der Waals surface area contributed by atoms with Crippen molar-refractivity contribution in [3.8, 4) is 5.75 Å². The van der Waals surface area contributed by atoms with Crippen LogP contribution >= 0.6 is 0 Å². The number of hydrogen-bond acceptors (Lipinski definition) is 10. The number of phenols is 1. The fourth-order valence-electron chi connectivity index (χ4n) is 8.41. The Hall–Kier alpha value is -5.37. The van der Waals surface area contributed by atoms with Gasteiger partial charge in [0.15, 0.2) is 6.04 Å². The Morgan fingerprint density at radius 2 is 1.56 bits per heavy atom. The number of phenolic OH excluding ortho intramolecular Hbond substituents is 1. The molecule has 4 fully saturated rings. The quantitative estimate of drug-likeness (QED) is 0.149. The van der Waals surface area contributed by atoms with Crippen LogP contribution in [0.15, 0.2) is 115 Å². The molecule has 0 spiro atoms. The number of nitrogens with zero attached hydrogens (tertiary/aromatic N) is 1. The largest absolute Gasteiger partial charge is 0.508 e. The van der Waals surface area contributed by atoms with Crippen LogP contribution in [0.1, 0.15) is 40.7 Å². The maximum Gasteiger partial charge on any atom is 0.327 e. The van der Waals surface area contributed by atoms with Crippen LogP contribution in [-0.4, -0.2) is 83.2 Å². The second-order valence-electron chi connectivity index (χ2n) is 14.3. The third-order valence-electron chi connectivity index (χ3n) is 10.9. The molecule has 0 radical (unpaired) electrons. The summed E-state index contributed by atoms with van der Waals surface area (Å²) in [5, 5.41) is 26.3. The summed E-state index contributed by atoms with van der Waals surface area (Å²) >= 11 is 0. The first-order valence-corrected chi connectivity index (χ1v) is 18.6. The summed E-state index contributed by atoms with van der Waals surface area (Å²) in [6.07, 6.45) is 1.21. The highest BCUT2D eigenvalue weighted by atomic mass is 16.8. The monoisotopic (exact) mass is 745 g/mol. The van der Waals surface area contributed by atoms with E-state index in [1.165, 1.54) is 0 Å². The summed E-state index contributed by atoms with van der Waals surface area (Å²) in [6, 6.07) is 32.9. The number of carbonyl (C=O) groups is 3. The van der Waals surface area contributed by atoms with E-state index < -0.39 is 53.5 Å². The van der Waals surface area contributed by atoms with Gasteiger partial charge < -0.3 is 35.1 Å². The van der Waals surface area contributed by atoms with Crippen molar-refractivity contribution in [2.45, 2.75) is 62.1 Å². The first-order chi connectivity index (χ1) is 26.8. The molecular formula is C43H43N3O9. The second-order valence-corrected chi connectivity index (χ2v) is 14.3. The van der Waals surface area contributed by atoms with E-state index in [9.17, 15) is 19.5 Å². The summed E-state index contributed by atoms with van der Waals surface area (Å²) < 4.78 is 20.1. The number of ether oxygens (including phenoxy) is 3. The van der Waals surface area contributed by atoms with Crippen LogP contribution in [0.25, 0.3) is 6.08 Å². The smallest absolute Gasteiger partial charge is 0.327 e. The zero-order valence-corrected chi connectivity index (χ0v) is 30.1. The molecule has 4 aromatic carbocycles. The van der Waals surface area contributed by atoms with Gasteiger partial charge in [-0.2, -0.15) is 5.06 Å². The van der Waals surface area contributed by atoms with E-state index in [0.29, 0.717) is 6.42 Å². The van der Waals surface area contributed by atoms with Crippen LogP contribution in [0.3, 0.4) is 0 Å². The van der Waals surface area contributed by atoms with Crippen LogP contribution in [0.5, 0.6) is 5.75 Å². The van der Waals surface area contributed by atoms with Crippen molar-refractivity contribution in [1.29, 1.82) is 0 Å². The molecule has 4 N–H and O–H groups in total. The van der Waals surface area contributed by atoms with Gasteiger partial charge >= 0.3 is 5.97 Å². The first kappa shape index (κ1) is 36.6. The number of aliphatic hydroxyl groups is 1. The highest BCUT2D eigenvalue weighted by molar-refractivity contribution is 5.94. The van der Waals surface area contributed by atoms with Crippen LogP contribution in [0.4, 0.5) is 0 Å². The first-order valence-electron chi connectivity index (χ1n) is 18.6. The summed E-state index contributed by atoms with van der Waals surface area (Å²) in [4.78, 5) is 47.9. The highest BCUT2D eigenvalue weighted by Gasteiger charge is 2.76. The molecule has 4 aromatic rings. The van der Waals surface area contributed by atoms with Gasteiger partial charge in [-0.1, -0.05) is 115 Å². The number of aliphatic hydroxyl groups excluding tert-OH is 1. The SMILES string of the molecule is O=C(CCNC(=O)[C@@]12C[C@H]3OC(=O)[C@@H]1N(Cc1cccc(C=CCc4ccccc4O)c1)O[C@@H]2[C@H]1OC(c2ccccc2)(c2ccccc2)O[C@H]13)NCCO. The summed E-state index contributed by atoms with van der Waals surface area (Å²) in [5.41, 5.74) is 2.59. The van der Waals surface area contributed by atoms with Gasteiger partial charge in [-0.3, -0.25) is 19.2 Å². The molecule has 3 aliphatic heterocycles. The molecule has 0 aromatic heterocycles. The molecule has 55 heavy (non-hydrogen) atoms. The molecule has 3 heterocycles. The molecule has 8 rings (SSSR count). The third-order valence-corrected chi connectivity index (χ3v) is 10.9. The Morgan fingerprint density at radius 3 is 2.29 bits per heavy atom. The number of benzene rings is 4. The molecule has 12 nitrogen and oxygen atoms in total. The van der Waals surface area contributed by atoms with Crippen molar-refractivity contribution in [3.63, 3.8) is 0 Å². The number of rotatable bonds is 13. The molecule has 284 valence electrons. The van der Waals surface area contributed by atoms with Crippen molar-refractivity contribution in [3.05, 3.63) is 143 Å². The average Bonchev–Trinajstić information content (AvgIpc) is 3.78. The maximum atomic E-state index is 14.6. The van der Waals surface area contributed by atoms with Crippen LogP contribution in [0, 0.1) is 5.41 Å². The molecule has 3 saturated heterocycles. The fourth-order valence-corrected chi connectivity index (χ4v) is 8.41. The lowest BCUT2D eigenvalue weighted by Gasteiger charge is -2.48. The van der Waals surface area contributed by atoms with Gasteiger partial charge in [-0.15, -0.1) is 0 Å². The third kappa shape index (κ3) is 6.81. The van der Waals surface area contributed by atoms with Crippen LogP contribution in [-0.2, 0) is 52.2 Å². The van der Waals surface area contributed by atoms with E-state index >= 15 is 0 Å². The minimum Gasteiger partial charge on any atom is -0.508 e. The molecule has 1 aliphatic carbocycles. The molecule has 6 atom stereocenters. The van der Waals surface area contributed by atoms with Gasteiger partial charge in [-0.05, 0) is 29.2 Å². The minimum absolute atomic E-state index is 0.00948. The van der Waals surface area contributed by atoms with Gasteiger partial charge in [0.05, 0.1) is 13.2 Å². The summed E-state index contributed by atoms with van der Waals surface area (Å²) in [5.74, 6) is -2.52. The lowest BCUT2D eigenvalue weighted by Crippen LogP contribution is -2.69. The number of nitrogens with one attached hydrogen (secondary N) is 2. The van der Waals surface area contributed by atoms with Gasteiger partial charge in [0.2, 0.25) is 17.6 Å². The number of hydroxylamine groups is 2. The summed E-state index contributed by atoms with van der Waals surface area (Å²) in [7, 11) is 0. The molecule has 1 saturated carbocycles. The second kappa shape index (κ2) is 15.4.